The minimum Gasteiger partial charge on any atom is -0.368 e. The summed E-state index contributed by atoms with van der Waals surface area (Å²) in [6.45, 7) is 3.19. The smallest absolute Gasteiger partial charge is 0.224 e. The maximum Gasteiger partial charge on any atom is 0.224 e. The molecule has 1 aliphatic rings. The van der Waals surface area contributed by atoms with Gasteiger partial charge in [0.1, 0.15) is 5.82 Å². The summed E-state index contributed by atoms with van der Waals surface area (Å²) < 4.78 is 0. The van der Waals surface area contributed by atoms with Gasteiger partial charge >= 0.3 is 0 Å². The molecule has 20 heavy (non-hydrogen) atoms. The number of H-pyrrole nitrogens is 1. The van der Waals surface area contributed by atoms with Gasteiger partial charge in [-0.05, 0) is 12.8 Å². The van der Waals surface area contributed by atoms with Crippen LogP contribution in [0.5, 0.6) is 0 Å². The minimum absolute atomic E-state index is 0.0203. The molecule has 3 heterocycles. The Balaban J connectivity index is 1.79. The SMILES string of the molecule is CC(=O)NC1CCN(c2nc(N)nc3[nH]ncc23)CC1. The molecular formula is C12H17N7O. The highest BCUT2D eigenvalue weighted by Crippen LogP contribution is 2.25. The van der Waals surface area contributed by atoms with Gasteiger partial charge in [0.05, 0.1) is 11.6 Å². The van der Waals surface area contributed by atoms with Gasteiger partial charge in [0.25, 0.3) is 0 Å². The highest BCUT2D eigenvalue weighted by molar-refractivity contribution is 5.87. The first-order chi connectivity index (χ1) is 9.63. The average molecular weight is 275 g/mol. The molecule has 0 aromatic carbocycles. The van der Waals surface area contributed by atoms with Gasteiger partial charge in [-0.1, -0.05) is 0 Å². The van der Waals surface area contributed by atoms with Gasteiger partial charge in [-0.2, -0.15) is 15.1 Å². The Kier molecular flexibility index (Phi) is 3.13. The standard InChI is InChI=1S/C12H17N7O/c1-7(20)15-8-2-4-19(5-3-8)11-9-6-14-18-10(9)16-12(13)17-11/h6,8H,2-5H2,1H3,(H,15,20)(H3,13,14,16,17,18). The quantitative estimate of drug-likeness (QED) is 0.713. The second-order valence-electron chi connectivity index (χ2n) is 5.00. The van der Waals surface area contributed by atoms with Gasteiger partial charge in [-0.3, -0.25) is 9.89 Å². The summed E-state index contributed by atoms with van der Waals surface area (Å²) in [5, 5.41) is 10.6. The molecule has 1 saturated heterocycles. The zero-order valence-electron chi connectivity index (χ0n) is 11.3. The topological polar surface area (TPSA) is 113 Å². The van der Waals surface area contributed by atoms with E-state index in [0.717, 1.165) is 37.1 Å². The zero-order valence-corrected chi connectivity index (χ0v) is 11.3. The summed E-state index contributed by atoms with van der Waals surface area (Å²) >= 11 is 0. The van der Waals surface area contributed by atoms with Crippen LogP contribution in [0.15, 0.2) is 6.20 Å². The van der Waals surface area contributed by atoms with Crippen molar-refractivity contribution in [2.24, 2.45) is 0 Å². The summed E-state index contributed by atoms with van der Waals surface area (Å²) in [7, 11) is 0. The predicted octanol–water partition coefficient (Wildman–Crippen LogP) is 0.0400. The number of nitrogens with two attached hydrogens (primary N) is 1. The van der Waals surface area contributed by atoms with Gasteiger partial charge in [0.15, 0.2) is 5.65 Å². The van der Waals surface area contributed by atoms with Crippen LogP contribution in [0, 0.1) is 0 Å². The Bertz CT molecular complexity index is 630. The van der Waals surface area contributed by atoms with Crippen LogP contribution in [0.25, 0.3) is 11.0 Å². The van der Waals surface area contributed by atoms with Crippen molar-refractivity contribution < 1.29 is 4.79 Å². The number of fused-ring (bicyclic) bond motifs is 1. The largest absolute Gasteiger partial charge is 0.368 e. The Morgan fingerprint density at radius 1 is 1.45 bits per heavy atom. The van der Waals surface area contributed by atoms with E-state index in [-0.39, 0.29) is 17.9 Å². The van der Waals surface area contributed by atoms with E-state index in [1.54, 1.807) is 13.1 Å². The van der Waals surface area contributed by atoms with E-state index < -0.39 is 0 Å². The molecule has 106 valence electrons. The van der Waals surface area contributed by atoms with Crippen LogP contribution in [-0.2, 0) is 4.79 Å². The Hall–Kier alpha value is -2.38. The van der Waals surface area contributed by atoms with E-state index in [2.05, 4.69) is 30.4 Å². The molecule has 4 N–H and O–H groups in total. The van der Waals surface area contributed by atoms with E-state index in [4.69, 9.17) is 5.73 Å². The number of piperidine rings is 1. The monoisotopic (exact) mass is 275 g/mol. The van der Waals surface area contributed by atoms with Gasteiger partial charge in [-0.25, -0.2) is 0 Å². The molecule has 0 bridgehead atoms. The van der Waals surface area contributed by atoms with Crippen LogP contribution in [0.3, 0.4) is 0 Å². The molecule has 0 atom stereocenters. The lowest BCUT2D eigenvalue weighted by molar-refractivity contribution is -0.119. The fourth-order valence-electron chi connectivity index (χ4n) is 2.60. The first kappa shape index (κ1) is 12.6. The van der Waals surface area contributed by atoms with Crippen molar-refractivity contribution in [3.63, 3.8) is 0 Å². The van der Waals surface area contributed by atoms with Crippen LogP contribution >= 0.6 is 0 Å². The van der Waals surface area contributed by atoms with Crippen molar-refractivity contribution >= 4 is 28.7 Å². The van der Waals surface area contributed by atoms with Crippen molar-refractivity contribution in [3.05, 3.63) is 6.20 Å². The predicted molar refractivity (Wildman–Crippen MR) is 75.1 cm³/mol. The number of amides is 1. The molecule has 1 fully saturated rings. The number of hydrogen-bond acceptors (Lipinski definition) is 6. The molecule has 0 spiro atoms. The van der Waals surface area contributed by atoms with Crippen LogP contribution in [-0.4, -0.2) is 45.2 Å². The molecule has 1 aliphatic heterocycles. The van der Waals surface area contributed by atoms with Gasteiger partial charge in [0.2, 0.25) is 11.9 Å². The number of carbonyl (C=O) groups excluding carboxylic acids is 1. The van der Waals surface area contributed by atoms with E-state index in [9.17, 15) is 4.79 Å². The summed E-state index contributed by atoms with van der Waals surface area (Å²) in [6.07, 6.45) is 3.50. The molecule has 0 aliphatic carbocycles. The molecule has 1 amide bonds. The number of nitrogen functional groups attached to an aromatic ring is 1. The fourth-order valence-corrected chi connectivity index (χ4v) is 2.60. The first-order valence-electron chi connectivity index (χ1n) is 6.62. The molecule has 2 aromatic heterocycles. The summed E-state index contributed by atoms with van der Waals surface area (Å²) in [6, 6.07) is 0.239. The fraction of sp³-hybridized carbons (Fsp3) is 0.500. The number of rotatable bonds is 2. The van der Waals surface area contributed by atoms with Crippen molar-refractivity contribution in [2.75, 3.05) is 23.7 Å². The molecule has 0 saturated carbocycles. The van der Waals surface area contributed by atoms with E-state index in [1.165, 1.54) is 0 Å². The lowest BCUT2D eigenvalue weighted by Crippen LogP contribution is -2.44. The molecule has 8 nitrogen and oxygen atoms in total. The maximum absolute atomic E-state index is 11.1. The number of aromatic nitrogens is 4. The molecule has 0 unspecified atom stereocenters. The first-order valence-corrected chi connectivity index (χ1v) is 6.62. The van der Waals surface area contributed by atoms with E-state index in [0.29, 0.717) is 5.65 Å². The summed E-state index contributed by atoms with van der Waals surface area (Å²) in [5.41, 5.74) is 6.38. The van der Waals surface area contributed by atoms with Crippen molar-refractivity contribution in [2.45, 2.75) is 25.8 Å². The molecule has 0 radical (unpaired) electrons. The number of hydrogen-bond donors (Lipinski definition) is 3. The van der Waals surface area contributed by atoms with Gasteiger partial charge < -0.3 is 16.0 Å². The second kappa shape index (κ2) is 4.95. The van der Waals surface area contributed by atoms with Crippen LogP contribution < -0.4 is 16.0 Å². The Morgan fingerprint density at radius 2 is 2.20 bits per heavy atom. The lowest BCUT2D eigenvalue weighted by atomic mass is 10.0. The summed E-state index contributed by atoms with van der Waals surface area (Å²) in [4.78, 5) is 21.7. The van der Waals surface area contributed by atoms with Gasteiger partial charge in [0, 0.05) is 26.1 Å². The van der Waals surface area contributed by atoms with Crippen molar-refractivity contribution in [3.8, 4) is 0 Å². The average Bonchev–Trinajstić information content (AvgIpc) is 2.86. The molecule has 2 aromatic rings. The van der Waals surface area contributed by atoms with Crippen molar-refractivity contribution in [1.82, 2.24) is 25.5 Å². The van der Waals surface area contributed by atoms with Crippen LogP contribution in [0.4, 0.5) is 11.8 Å². The van der Waals surface area contributed by atoms with Gasteiger partial charge in [-0.15, -0.1) is 0 Å². The number of aromatic amines is 1. The Labute approximate surface area is 115 Å². The van der Waals surface area contributed by atoms with E-state index in [1.807, 2.05) is 0 Å². The highest BCUT2D eigenvalue weighted by atomic mass is 16.1. The number of nitrogens with one attached hydrogen (secondary N) is 2. The van der Waals surface area contributed by atoms with E-state index >= 15 is 0 Å². The third-order valence-electron chi connectivity index (χ3n) is 3.51. The normalized spacial score (nSPS) is 16.6. The molecular weight excluding hydrogens is 258 g/mol. The molecule has 8 heteroatoms. The third-order valence-corrected chi connectivity index (χ3v) is 3.51. The van der Waals surface area contributed by atoms with Crippen LogP contribution in [0.2, 0.25) is 0 Å². The Morgan fingerprint density at radius 3 is 2.90 bits per heavy atom. The summed E-state index contributed by atoms with van der Waals surface area (Å²) in [5.74, 6) is 1.07. The lowest BCUT2D eigenvalue weighted by Gasteiger charge is -2.33. The number of anilines is 2. The van der Waals surface area contributed by atoms with Crippen molar-refractivity contribution in [1.29, 1.82) is 0 Å². The highest BCUT2D eigenvalue weighted by Gasteiger charge is 2.23. The molecule has 3 rings (SSSR count). The zero-order chi connectivity index (χ0) is 14.1. The second-order valence-corrected chi connectivity index (χ2v) is 5.00. The number of carbonyl (C=O) groups is 1. The maximum atomic E-state index is 11.1. The minimum atomic E-state index is 0.0203. The number of nitrogens with zero attached hydrogens (tertiary/aromatic N) is 4. The van der Waals surface area contributed by atoms with Crippen LogP contribution in [0.1, 0.15) is 19.8 Å². The third kappa shape index (κ3) is 2.36.